The van der Waals surface area contributed by atoms with Crippen LogP contribution in [0.2, 0.25) is 0 Å². The molecule has 0 atom stereocenters. The Bertz CT molecular complexity index is 371. The SMILES string of the molecule is CCCOc1ccc(CCN)c(OCCCSCC)c1. The fourth-order valence-corrected chi connectivity index (χ4v) is 2.44. The average Bonchev–Trinajstić information content (AvgIpc) is 2.47. The zero-order chi connectivity index (χ0) is 14.6. The van der Waals surface area contributed by atoms with Gasteiger partial charge in [0.05, 0.1) is 13.2 Å². The van der Waals surface area contributed by atoms with Crippen LogP contribution in [0.3, 0.4) is 0 Å². The minimum Gasteiger partial charge on any atom is -0.493 e. The van der Waals surface area contributed by atoms with Crippen LogP contribution in [0.5, 0.6) is 11.5 Å². The molecule has 1 rings (SSSR count). The molecule has 0 bridgehead atoms. The van der Waals surface area contributed by atoms with Gasteiger partial charge < -0.3 is 15.2 Å². The highest BCUT2D eigenvalue weighted by Gasteiger charge is 2.06. The molecule has 0 heterocycles. The maximum Gasteiger partial charge on any atom is 0.126 e. The predicted molar refractivity (Wildman–Crippen MR) is 88.1 cm³/mol. The highest BCUT2D eigenvalue weighted by atomic mass is 32.2. The molecule has 114 valence electrons. The molecule has 1 aromatic carbocycles. The molecule has 0 aliphatic rings. The van der Waals surface area contributed by atoms with Crippen molar-refractivity contribution in [3.8, 4) is 11.5 Å². The second-order valence-electron chi connectivity index (χ2n) is 4.56. The quantitative estimate of drug-likeness (QED) is 0.635. The van der Waals surface area contributed by atoms with Gasteiger partial charge in [0.2, 0.25) is 0 Å². The molecule has 0 radical (unpaired) electrons. The predicted octanol–water partition coefficient (Wildman–Crippen LogP) is 3.50. The maximum absolute atomic E-state index is 5.91. The number of nitrogens with two attached hydrogens (primary N) is 1. The lowest BCUT2D eigenvalue weighted by Crippen LogP contribution is -2.07. The first kappa shape index (κ1) is 17.2. The number of benzene rings is 1. The highest BCUT2D eigenvalue weighted by Crippen LogP contribution is 2.25. The highest BCUT2D eigenvalue weighted by molar-refractivity contribution is 7.99. The number of ether oxygens (including phenoxy) is 2. The lowest BCUT2D eigenvalue weighted by molar-refractivity contribution is 0.300. The van der Waals surface area contributed by atoms with Crippen LogP contribution >= 0.6 is 11.8 Å². The van der Waals surface area contributed by atoms with Crippen LogP contribution in [0, 0.1) is 0 Å². The Balaban J connectivity index is 2.57. The summed E-state index contributed by atoms with van der Waals surface area (Å²) in [6.45, 7) is 6.41. The van der Waals surface area contributed by atoms with Crippen LogP contribution in [0.25, 0.3) is 0 Å². The molecular weight excluding hydrogens is 270 g/mol. The molecule has 0 saturated heterocycles. The molecule has 1 aromatic rings. The third-order valence-corrected chi connectivity index (χ3v) is 3.81. The van der Waals surface area contributed by atoms with Gasteiger partial charge in [-0.05, 0) is 48.9 Å². The molecule has 2 N–H and O–H groups in total. The van der Waals surface area contributed by atoms with E-state index >= 15 is 0 Å². The zero-order valence-corrected chi connectivity index (χ0v) is 13.5. The van der Waals surface area contributed by atoms with Crippen LogP contribution in [0.4, 0.5) is 0 Å². The Morgan fingerprint density at radius 2 is 2.00 bits per heavy atom. The molecule has 0 fully saturated rings. The van der Waals surface area contributed by atoms with Crippen LogP contribution in [-0.4, -0.2) is 31.3 Å². The van der Waals surface area contributed by atoms with E-state index in [2.05, 4.69) is 19.9 Å². The van der Waals surface area contributed by atoms with E-state index in [1.807, 2.05) is 23.9 Å². The first-order valence-electron chi connectivity index (χ1n) is 7.48. The van der Waals surface area contributed by atoms with E-state index in [-0.39, 0.29) is 0 Å². The van der Waals surface area contributed by atoms with Gasteiger partial charge in [0, 0.05) is 6.07 Å². The standard InChI is InChI=1S/C16H27NO2S/c1-3-10-18-15-7-6-14(8-9-17)16(13-15)19-11-5-12-20-4-2/h6-7,13H,3-5,8-12,17H2,1-2H3. The van der Waals surface area contributed by atoms with E-state index < -0.39 is 0 Å². The molecule has 0 saturated carbocycles. The van der Waals surface area contributed by atoms with E-state index in [1.54, 1.807) is 0 Å². The van der Waals surface area contributed by atoms with Crippen LogP contribution in [0.1, 0.15) is 32.3 Å². The third-order valence-electron chi connectivity index (χ3n) is 2.82. The smallest absolute Gasteiger partial charge is 0.126 e. The molecule has 0 unspecified atom stereocenters. The second-order valence-corrected chi connectivity index (χ2v) is 5.95. The van der Waals surface area contributed by atoms with Gasteiger partial charge in [-0.1, -0.05) is 19.9 Å². The molecule has 0 aliphatic carbocycles. The topological polar surface area (TPSA) is 44.5 Å². The van der Waals surface area contributed by atoms with Gasteiger partial charge in [-0.25, -0.2) is 0 Å². The summed E-state index contributed by atoms with van der Waals surface area (Å²) in [6.07, 6.45) is 2.92. The molecule has 4 heteroatoms. The summed E-state index contributed by atoms with van der Waals surface area (Å²) >= 11 is 1.95. The maximum atomic E-state index is 5.91. The summed E-state index contributed by atoms with van der Waals surface area (Å²) in [5.41, 5.74) is 6.82. The minimum atomic E-state index is 0.636. The molecule has 3 nitrogen and oxygen atoms in total. The van der Waals surface area contributed by atoms with Crippen molar-refractivity contribution in [2.45, 2.75) is 33.1 Å². The Morgan fingerprint density at radius 3 is 2.70 bits per heavy atom. The minimum absolute atomic E-state index is 0.636. The van der Waals surface area contributed by atoms with Gasteiger partial charge in [-0.2, -0.15) is 11.8 Å². The Labute approximate surface area is 127 Å². The van der Waals surface area contributed by atoms with Crippen molar-refractivity contribution < 1.29 is 9.47 Å². The Kier molecular flexibility index (Phi) is 9.33. The number of thioether (sulfide) groups is 1. The number of rotatable bonds is 11. The van der Waals surface area contributed by atoms with Crippen molar-refractivity contribution in [3.63, 3.8) is 0 Å². The van der Waals surface area contributed by atoms with Crippen molar-refractivity contribution in [1.82, 2.24) is 0 Å². The number of hydrogen-bond donors (Lipinski definition) is 1. The van der Waals surface area contributed by atoms with Crippen molar-refractivity contribution in [1.29, 1.82) is 0 Å². The van der Waals surface area contributed by atoms with Gasteiger partial charge >= 0.3 is 0 Å². The van der Waals surface area contributed by atoms with Crippen molar-refractivity contribution >= 4 is 11.8 Å². The third kappa shape index (κ3) is 6.53. The van der Waals surface area contributed by atoms with Crippen molar-refractivity contribution in [3.05, 3.63) is 23.8 Å². The molecule has 0 aliphatic heterocycles. The summed E-state index contributed by atoms with van der Waals surface area (Å²) in [5, 5.41) is 0. The van der Waals surface area contributed by atoms with E-state index in [0.29, 0.717) is 6.54 Å². The Morgan fingerprint density at radius 1 is 1.15 bits per heavy atom. The van der Waals surface area contributed by atoms with Crippen LogP contribution in [0.15, 0.2) is 18.2 Å². The molecular formula is C16H27NO2S. The fraction of sp³-hybridized carbons (Fsp3) is 0.625. The summed E-state index contributed by atoms with van der Waals surface area (Å²) in [5.74, 6) is 4.11. The van der Waals surface area contributed by atoms with E-state index in [1.165, 1.54) is 11.3 Å². The van der Waals surface area contributed by atoms with Crippen molar-refractivity contribution in [2.75, 3.05) is 31.3 Å². The van der Waals surface area contributed by atoms with E-state index in [9.17, 15) is 0 Å². The summed E-state index contributed by atoms with van der Waals surface area (Å²) in [4.78, 5) is 0. The second kappa shape index (κ2) is 10.9. The van der Waals surface area contributed by atoms with Gasteiger partial charge in [-0.3, -0.25) is 0 Å². The van der Waals surface area contributed by atoms with Crippen LogP contribution in [-0.2, 0) is 6.42 Å². The van der Waals surface area contributed by atoms with Crippen LogP contribution < -0.4 is 15.2 Å². The number of hydrogen-bond acceptors (Lipinski definition) is 4. The summed E-state index contributed by atoms with van der Waals surface area (Å²) in [7, 11) is 0. The van der Waals surface area contributed by atoms with Gasteiger partial charge in [0.1, 0.15) is 11.5 Å². The largest absolute Gasteiger partial charge is 0.493 e. The first-order chi connectivity index (χ1) is 9.81. The molecule has 0 amide bonds. The average molecular weight is 297 g/mol. The lowest BCUT2D eigenvalue weighted by atomic mass is 10.1. The molecule has 0 spiro atoms. The molecule has 20 heavy (non-hydrogen) atoms. The van der Waals surface area contributed by atoms with Gasteiger partial charge in [0.15, 0.2) is 0 Å². The fourth-order valence-electron chi connectivity index (χ4n) is 1.83. The molecule has 0 aromatic heterocycles. The first-order valence-corrected chi connectivity index (χ1v) is 8.63. The lowest BCUT2D eigenvalue weighted by Gasteiger charge is -2.13. The van der Waals surface area contributed by atoms with Crippen molar-refractivity contribution in [2.24, 2.45) is 5.73 Å². The van der Waals surface area contributed by atoms with Gasteiger partial charge in [-0.15, -0.1) is 0 Å². The summed E-state index contributed by atoms with van der Waals surface area (Å²) in [6, 6.07) is 6.06. The van der Waals surface area contributed by atoms with E-state index in [4.69, 9.17) is 15.2 Å². The Hall–Kier alpha value is -0.870. The monoisotopic (exact) mass is 297 g/mol. The zero-order valence-electron chi connectivity index (χ0n) is 12.7. The van der Waals surface area contributed by atoms with Gasteiger partial charge in [0.25, 0.3) is 0 Å². The normalized spacial score (nSPS) is 10.6. The van der Waals surface area contributed by atoms with E-state index in [0.717, 1.165) is 49.7 Å². The summed E-state index contributed by atoms with van der Waals surface area (Å²) < 4.78 is 11.6.